The SMILES string of the molecule is O=C1c2ccccc2C2(SCCS)CC3(CCN12)SCCS3. The number of thioether (sulfide) groups is 3. The fourth-order valence-corrected chi connectivity index (χ4v) is 9.07. The second kappa shape index (κ2) is 5.87. The van der Waals surface area contributed by atoms with Crippen LogP contribution in [-0.2, 0) is 4.87 Å². The molecule has 22 heavy (non-hydrogen) atoms. The van der Waals surface area contributed by atoms with E-state index in [2.05, 4.69) is 53.2 Å². The largest absolute Gasteiger partial charge is 0.320 e. The minimum Gasteiger partial charge on any atom is -0.320 e. The lowest BCUT2D eigenvalue weighted by atomic mass is 9.95. The molecule has 118 valence electrons. The third-order valence-electron chi connectivity index (χ3n) is 4.73. The fraction of sp³-hybridized carbons (Fsp3) is 0.562. The molecule has 2 fully saturated rings. The molecule has 1 spiro atoms. The number of piperidine rings is 1. The van der Waals surface area contributed by atoms with Crippen LogP contribution in [-0.4, -0.2) is 44.4 Å². The van der Waals surface area contributed by atoms with E-state index in [0.29, 0.717) is 4.08 Å². The molecule has 0 radical (unpaired) electrons. The van der Waals surface area contributed by atoms with Gasteiger partial charge in [0.05, 0.1) is 4.08 Å². The number of hydrogen-bond donors (Lipinski definition) is 1. The van der Waals surface area contributed by atoms with Crippen LogP contribution in [0.15, 0.2) is 24.3 Å². The third kappa shape index (κ3) is 2.25. The molecular formula is C16H19NOS4. The lowest BCUT2D eigenvalue weighted by molar-refractivity contribution is 0.0618. The Morgan fingerprint density at radius 1 is 1.27 bits per heavy atom. The third-order valence-corrected chi connectivity index (χ3v) is 10.3. The summed E-state index contributed by atoms with van der Waals surface area (Å²) in [5, 5.41) is 0. The lowest BCUT2D eigenvalue weighted by Crippen LogP contribution is -2.51. The molecule has 0 aliphatic carbocycles. The summed E-state index contributed by atoms with van der Waals surface area (Å²) in [5.41, 5.74) is 2.15. The van der Waals surface area contributed by atoms with Crippen molar-refractivity contribution in [3.05, 3.63) is 35.4 Å². The van der Waals surface area contributed by atoms with Crippen molar-refractivity contribution in [3.63, 3.8) is 0 Å². The highest BCUT2D eigenvalue weighted by Gasteiger charge is 2.58. The first-order valence-electron chi connectivity index (χ1n) is 7.65. The van der Waals surface area contributed by atoms with Crippen molar-refractivity contribution in [1.82, 2.24) is 4.90 Å². The number of carbonyl (C=O) groups excluding carboxylic acids is 1. The van der Waals surface area contributed by atoms with Gasteiger partial charge in [0, 0.05) is 41.4 Å². The molecule has 1 aromatic rings. The molecule has 1 unspecified atom stereocenters. The van der Waals surface area contributed by atoms with E-state index in [1.807, 2.05) is 23.9 Å². The zero-order valence-corrected chi connectivity index (χ0v) is 15.6. The quantitative estimate of drug-likeness (QED) is 0.814. The van der Waals surface area contributed by atoms with E-state index in [-0.39, 0.29) is 10.8 Å². The zero-order chi connectivity index (χ0) is 15.2. The van der Waals surface area contributed by atoms with Crippen LogP contribution in [0.5, 0.6) is 0 Å². The van der Waals surface area contributed by atoms with Gasteiger partial charge >= 0.3 is 0 Å². The van der Waals surface area contributed by atoms with Crippen molar-refractivity contribution >= 4 is 53.8 Å². The van der Waals surface area contributed by atoms with E-state index in [4.69, 9.17) is 0 Å². The van der Waals surface area contributed by atoms with E-state index in [9.17, 15) is 4.79 Å². The molecule has 0 aromatic heterocycles. The molecule has 1 atom stereocenters. The van der Waals surface area contributed by atoms with Crippen LogP contribution in [0.2, 0.25) is 0 Å². The first kappa shape index (κ1) is 15.6. The number of thiol groups is 1. The first-order valence-corrected chi connectivity index (χ1v) is 11.2. The van der Waals surface area contributed by atoms with Crippen LogP contribution in [0.3, 0.4) is 0 Å². The van der Waals surface area contributed by atoms with Gasteiger partial charge < -0.3 is 4.90 Å². The summed E-state index contributed by atoms with van der Waals surface area (Å²) in [4.78, 5) is 14.9. The molecule has 2 saturated heterocycles. The van der Waals surface area contributed by atoms with E-state index < -0.39 is 0 Å². The summed E-state index contributed by atoms with van der Waals surface area (Å²) < 4.78 is 0.303. The maximum absolute atomic E-state index is 12.9. The fourth-order valence-electron chi connectivity index (χ4n) is 3.84. The van der Waals surface area contributed by atoms with Crippen molar-refractivity contribution in [2.24, 2.45) is 0 Å². The van der Waals surface area contributed by atoms with Crippen LogP contribution in [0, 0.1) is 0 Å². The van der Waals surface area contributed by atoms with Crippen LogP contribution in [0.1, 0.15) is 28.8 Å². The number of hydrogen-bond acceptors (Lipinski definition) is 5. The molecule has 0 bridgehead atoms. The van der Waals surface area contributed by atoms with Gasteiger partial charge in [-0.05, 0) is 18.2 Å². The van der Waals surface area contributed by atoms with E-state index in [1.165, 1.54) is 17.1 Å². The molecule has 2 nitrogen and oxygen atoms in total. The number of amides is 1. The summed E-state index contributed by atoms with van der Waals surface area (Å²) in [6, 6.07) is 8.23. The van der Waals surface area contributed by atoms with Crippen LogP contribution in [0.25, 0.3) is 0 Å². The minimum absolute atomic E-state index is 0.168. The van der Waals surface area contributed by atoms with Gasteiger partial charge in [-0.1, -0.05) is 18.2 Å². The second-order valence-electron chi connectivity index (χ2n) is 5.89. The Morgan fingerprint density at radius 3 is 2.82 bits per heavy atom. The summed E-state index contributed by atoms with van der Waals surface area (Å²) in [5.74, 6) is 4.54. The van der Waals surface area contributed by atoms with Crippen LogP contribution < -0.4 is 0 Å². The Labute approximate surface area is 150 Å². The highest BCUT2D eigenvalue weighted by Crippen LogP contribution is 2.62. The van der Waals surface area contributed by atoms with Crippen LogP contribution in [0.4, 0.5) is 0 Å². The van der Waals surface area contributed by atoms with E-state index in [0.717, 1.165) is 36.5 Å². The van der Waals surface area contributed by atoms with Gasteiger partial charge in [0.15, 0.2) is 0 Å². The van der Waals surface area contributed by atoms with Gasteiger partial charge in [0.25, 0.3) is 5.91 Å². The second-order valence-corrected chi connectivity index (χ2v) is 10.9. The Kier molecular flexibility index (Phi) is 4.16. The minimum atomic E-state index is -0.168. The first-order chi connectivity index (χ1) is 10.7. The topological polar surface area (TPSA) is 20.3 Å². The molecule has 3 heterocycles. The lowest BCUT2D eigenvalue weighted by Gasteiger charge is -2.49. The van der Waals surface area contributed by atoms with Gasteiger partial charge in [-0.15, -0.1) is 35.3 Å². The average molecular weight is 370 g/mol. The number of carbonyl (C=O) groups is 1. The van der Waals surface area contributed by atoms with Gasteiger partial charge in [-0.2, -0.15) is 12.6 Å². The average Bonchev–Trinajstić information content (AvgIpc) is 3.09. The Balaban J connectivity index is 1.80. The van der Waals surface area contributed by atoms with Crippen molar-refractivity contribution in [2.75, 3.05) is 29.6 Å². The summed E-state index contributed by atoms with van der Waals surface area (Å²) >= 11 is 10.6. The smallest absolute Gasteiger partial charge is 0.255 e. The normalized spacial score (nSPS) is 29.0. The zero-order valence-electron chi connectivity index (χ0n) is 12.3. The number of benzene rings is 1. The maximum atomic E-state index is 12.9. The highest BCUT2D eigenvalue weighted by atomic mass is 32.2. The molecule has 3 aliphatic heterocycles. The maximum Gasteiger partial charge on any atom is 0.255 e. The highest BCUT2D eigenvalue weighted by molar-refractivity contribution is 8.21. The molecule has 6 heteroatoms. The molecule has 1 aromatic carbocycles. The van der Waals surface area contributed by atoms with Crippen molar-refractivity contribution in [3.8, 4) is 0 Å². The Bertz CT molecular complexity index is 602. The van der Waals surface area contributed by atoms with Gasteiger partial charge in [0.2, 0.25) is 0 Å². The van der Waals surface area contributed by atoms with Crippen LogP contribution >= 0.6 is 47.9 Å². The molecular weight excluding hydrogens is 350 g/mol. The number of nitrogens with zero attached hydrogens (tertiary/aromatic N) is 1. The Hall–Kier alpha value is 0.0900. The number of rotatable bonds is 3. The molecule has 0 N–H and O–H groups in total. The molecule has 3 aliphatic rings. The molecule has 1 amide bonds. The predicted molar refractivity (Wildman–Crippen MR) is 102 cm³/mol. The van der Waals surface area contributed by atoms with Gasteiger partial charge in [-0.25, -0.2) is 0 Å². The molecule has 0 saturated carbocycles. The van der Waals surface area contributed by atoms with Gasteiger partial charge in [0.1, 0.15) is 4.87 Å². The van der Waals surface area contributed by atoms with Crippen molar-refractivity contribution in [1.29, 1.82) is 0 Å². The predicted octanol–water partition coefficient (Wildman–Crippen LogP) is 3.93. The summed E-state index contributed by atoms with van der Waals surface area (Å²) in [6.07, 6.45) is 2.18. The summed E-state index contributed by atoms with van der Waals surface area (Å²) in [6.45, 7) is 0.882. The monoisotopic (exact) mass is 369 g/mol. The van der Waals surface area contributed by atoms with Crippen molar-refractivity contribution < 1.29 is 4.79 Å². The number of fused-ring (bicyclic) bond motifs is 3. The summed E-state index contributed by atoms with van der Waals surface area (Å²) in [7, 11) is 0. The van der Waals surface area contributed by atoms with Crippen molar-refractivity contribution in [2.45, 2.75) is 21.8 Å². The van der Waals surface area contributed by atoms with E-state index in [1.54, 1.807) is 0 Å². The molecule has 4 rings (SSSR count). The standard InChI is InChI=1S/C16H19NOS4/c18-14-12-3-1-2-4-13(12)16(22-8-7-19)11-15(5-6-17(14)16)20-9-10-21-15/h1-4,19H,5-11H2. The Morgan fingerprint density at radius 2 is 2.05 bits per heavy atom. The van der Waals surface area contributed by atoms with E-state index >= 15 is 0 Å². The van der Waals surface area contributed by atoms with Gasteiger partial charge in [-0.3, -0.25) is 4.79 Å².